The van der Waals surface area contributed by atoms with E-state index < -0.39 is 0 Å². The van der Waals surface area contributed by atoms with E-state index in [1.807, 2.05) is 18.0 Å². The van der Waals surface area contributed by atoms with E-state index in [1.54, 1.807) is 0 Å². The topological polar surface area (TPSA) is 32.8 Å². The summed E-state index contributed by atoms with van der Waals surface area (Å²) in [5.74, 6) is 0.607. The van der Waals surface area contributed by atoms with Gasteiger partial charge < -0.3 is 14.5 Å². The predicted octanol–water partition coefficient (Wildman–Crippen LogP) is 2.52. The van der Waals surface area contributed by atoms with Crippen molar-refractivity contribution in [1.82, 2.24) is 9.80 Å². The van der Waals surface area contributed by atoms with Gasteiger partial charge in [-0.2, -0.15) is 0 Å². The Bertz CT molecular complexity index is 482. The molecule has 0 bridgehead atoms. The minimum atomic E-state index is 0.218. The normalized spacial score (nSPS) is 18.5. The Hall–Kier alpha value is -1.39. The molecule has 4 nitrogen and oxygen atoms in total. The van der Waals surface area contributed by atoms with E-state index in [2.05, 4.69) is 37.2 Å². The first-order valence-corrected chi connectivity index (χ1v) is 8.09. The van der Waals surface area contributed by atoms with E-state index in [0.29, 0.717) is 18.9 Å². The number of hydrogen-bond donors (Lipinski definition) is 0. The standard InChI is InChI=1S/C18H28N2O2/c1-19(2)12-16-8-4-5-9-17(16)13-20(3)18(21)11-15-7-6-10-22-14-15/h4-5,8-9,15H,6-7,10-14H2,1-3H3/t15-/m0/s1. The molecule has 1 aromatic rings. The van der Waals surface area contributed by atoms with Crippen molar-refractivity contribution in [3.05, 3.63) is 35.4 Å². The zero-order valence-electron chi connectivity index (χ0n) is 14.0. The first-order valence-electron chi connectivity index (χ1n) is 8.09. The Kier molecular flexibility index (Phi) is 6.40. The van der Waals surface area contributed by atoms with Crippen LogP contribution >= 0.6 is 0 Å². The number of carbonyl (C=O) groups is 1. The minimum Gasteiger partial charge on any atom is -0.381 e. The molecule has 22 heavy (non-hydrogen) atoms. The fourth-order valence-corrected chi connectivity index (χ4v) is 2.92. The SMILES string of the molecule is CN(C)Cc1ccccc1CN(C)C(=O)C[C@@H]1CCCOC1. The van der Waals surface area contributed by atoms with Gasteiger partial charge in [0.05, 0.1) is 0 Å². The van der Waals surface area contributed by atoms with Crippen molar-refractivity contribution in [1.29, 1.82) is 0 Å². The van der Waals surface area contributed by atoms with Gasteiger partial charge in [-0.15, -0.1) is 0 Å². The first-order chi connectivity index (χ1) is 10.6. The van der Waals surface area contributed by atoms with Crippen molar-refractivity contribution in [3.8, 4) is 0 Å². The van der Waals surface area contributed by atoms with Crippen molar-refractivity contribution in [3.63, 3.8) is 0 Å². The second-order valence-corrected chi connectivity index (χ2v) is 6.54. The molecule has 0 radical (unpaired) electrons. The van der Waals surface area contributed by atoms with Crippen LogP contribution in [-0.2, 0) is 22.6 Å². The molecule has 0 aromatic heterocycles. The molecular weight excluding hydrogens is 276 g/mol. The van der Waals surface area contributed by atoms with Gasteiger partial charge in [0, 0.05) is 39.8 Å². The van der Waals surface area contributed by atoms with Gasteiger partial charge in [0.1, 0.15) is 0 Å². The highest BCUT2D eigenvalue weighted by Crippen LogP contribution is 2.19. The smallest absolute Gasteiger partial charge is 0.222 e. The second-order valence-electron chi connectivity index (χ2n) is 6.54. The summed E-state index contributed by atoms with van der Waals surface area (Å²) in [5.41, 5.74) is 2.51. The number of ether oxygens (including phenoxy) is 1. The molecular formula is C18H28N2O2. The number of nitrogens with zero attached hydrogens (tertiary/aromatic N) is 2. The zero-order valence-corrected chi connectivity index (χ0v) is 14.0. The van der Waals surface area contributed by atoms with Gasteiger partial charge >= 0.3 is 0 Å². The van der Waals surface area contributed by atoms with Crippen molar-refractivity contribution >= 4 is 5.91 Å². The van der Waals surface area contributed by atoms with Gasteiger partial charge in [0.15, 0.2) is 0 Å². The molecule has 1 aliphatic heterocycles. The van der Waals surface area contributed by atoms with Crippen LogP contribution in [0.3, 0.4) is 0 Å². The Morgan fingerprint density at radius 2 is 1.86 bits per heavy atom. The molecule has 1 saturated heterocycles. The fraction of sp³-hybridized carbons (Fsp3) is 0.611. The minimum absolute atomic E-state index is 0.218. The van der Waals surface area contributed by atoms with Crippen LogP contribution in [-0.4, -0.2) is 50.1 Å². The van der Waals surface area contributed by atoms with Gasteiger partial charge in [0.2, 0.25) is 5.91 Å². The van der Waals surface area contributed by atoms with E-state index in [-0.39, 0.29) is 5.91 Å². The van der Waals surface area contributed by atoms with Crippen molar-refractivity contribution in [2.45, 2.75) is 32.4 Å². The van der Waals surface area contributed by atoms with Crippen LogP contribution in [0.4, 0.5) is 0 Å². The third-order valence-corrected chi connectivity index (χ3v) is 4.16. The number of amides is 1. The molecule has 1 aliphatic rings. The molecule has 0 N–H and O–H groups in total. The molecule has 0 saturated carbocycles. The highest BCUT2D eigenvalue weighted by molar-refractivity contribution is 5.76. The Labute approximate surface area is 134 Å². The highest BCUT2D eigenvalue weighted by atomic mass is 16.5. The Morgan fingerprint density at radius 1 is 1.18 bits per heavy atom. The number of benzene rings is 1. The van der Waals surface area contributed by atoms with E-state index in [0.717, 1.165) is 32.6 Å². The summed E-state index contributed by atoms with van der Waals surface area (Å²) in [6, 6.07) is 8.36. The van der Waals surface area contributed by atoms with E-state index in [4.69, 9.17) is 4.74 Å². The molecule has 2 rings (SSSR count). The largest absolute Gasteiger partial charge is 0.381 e. The third kappa shape index (κ3) is 5.11. The molecule has 0 unspecified atom stereocenters. The third-order valence-electron chi connectivity index (χ3n) is 4.16. The molecule has 122 valence electrons. The quantitative estimate of drug-likeness (QED) is 0.809. The summed E-state index contributed by atoms with van der Waals surface area (Å²) < 4.78 is 5.47. The highest BCUT2D eigenvalue weighted by Gasteiger charge is 2.20. The first kappa shape index (κ1) is 17.0. The maximum absolute atomic E-state index is 12.4. The van der Waals surface area contributed by atoms with Gasteiger partial charge in [-0.25, -0.2) is 0 Å². The monoisotopic (exact) mass is 304 g/mol. The number of rotatable bonds is 6. The van der Waals surface area contributed by atoms with Crippen LogP contribution < -0.4 is 0 Å². The lowest BCUT2D eigenvalue weighted by molar-refractivity contribution is -0.132. The molecule has 1 fully saturated rings. The summed E-state index contributed by atoms with van der Waals surface area (Å²) in [4.78, 5) is 16.4. The van der Waals surface area contributed by atoms with Crippen LogP contribution in [0, 0.1) is 5.92 Å². The second kappa shape index (κ2) is 8.30. The lowest BCUT2D eigenvalue weighted by Crippen LogP contribution is -2.31. The molecule has 1 heterocycles. The summed E-state index contributed by atoms with van der Waals surface area (Å²) in [6.45, 7) is 3.15. The molecule has 1 aromatic carbocycles. The molecule has 1 atom stereocenters. The van der Waals surface area contributed by atoms with Crippen molar-refractivity contribution < 1.29 is 9.53 Å². The van der Waals surface area contributed by atoms with Crippen LogP contribution in [0.2, 0.25) is 0 Å². The molecule has 0 spiro atoms. The van der Waals surface area contributed by atoms with E-state index >= 15 is 0 Å². The number of carbonyl (C=O) groups excluding carboxylic acids is 1. The fourth-order valence-electron chi connectivity index (χ4n) is 2.92. The van der Waals surface area contributed by atoms with Crippen molar-refractivity contribution in [2.75, 3.05) is 34.4 Å². The van der Waals surface area contributed by atoms with Crippen molar-refractivity contribution in [2.24, 2.45) is 5.92 Å². The van der Waals surface area contributed by atoms with Gasteiger partial charge in [0.25, 0.3) is 0 Å². The van der Waals surface area contributed by atoms with Crippen LogP contribution in [0.1, 0.15) is 30.4 Å². The van der Waals surface area contributed by atoms with Crippen LogP contribution in [0.5, 0.6) is 0 Å². The number of hydrogen-bond acceptors (Lipinski definition) is 3. The summed E-state index contributed by atoms with van der Waals surface area (Å²) in [5, 5.41) is 0. The van der Waals surface area contributed by atoms with Crippen LogP contribution in [0.25, 0.3) is 0 Å². The zero-order chi connectivity index (χ0) is 15.9. The lowest BCUT2D eigenvalue weighted by Gasteiger charge is -2.25. The van der Waals surface area contributed by atoms with Gasteiger partial charge in [-0.3, -0.25) is 4.79 Å². The maximum atomic E-state index is 12.4. The summed E-state index contributed by atoms with van der Waals surface area (Å²) >= 11 is 0. The average Bonchev–Trinajstić information content (AvgIpc) is 2.49. The average molecular weight is 304 g/mol. The summed E-state index contributed by atoms with van der Waals surface area (Å²) in [6.07, 6.45) is 2.79. The Morgan fingerprint density at radius 3 is 2.45 bits per heavy atom. The van der Waals surface area contributed by atoms with Gasteiger partial charge in [-0.1, -0.05) is 24.3 Å². The molecule has 4 heteroatoms. The molecule has 1 amide bonds. The maximum Gasteiger partial charge on any atom is 0.222 e. The van der Waals surface area contributed by atoms with Gasteiger partial charge in [-0.05, 0) is 44.0 Å². The molecule has 0 aliphatic carbocycles. The van der Waals surface area contributed by atoms with Crippen LogP contribution in [0.15, 0.2) is 24.3 Å². The predicted molar refractivity (Wildman–Crippen MR) is 88.5 cm³/mol. The summed E-state index contributed by atoms with van der Waals surface area (Å²) in [7, 11) is 6.03. The lowest BCUT2D eigenvalue weighted by atomic mass is 9.98. The van der Waals surface area contributed by atoms with E-state index in [1.165, 1.54) is 11.1 Å². The van der Waals surface area contributed by atoms with E-state index in [9.17, 15) is 4.79 Å². The Balaban J connectivity index is 1.93.